The van der Waals surface area contributed by atoms with Gasteiger partial charge in [0.05, 0.1) is 0 Å². The molecule has 1 aromatic heterocycles. The standard InChI is InChI=1S/C22H37N5/c1-18-5-3-9-26(15-18)21-7-11-25(12-8-21)17-20-13-23-22(24-14-20)27-10-4-6-19(2)16-27/h13-14,18-19,21H,3-12,15-17H2,1-2H3/t18-,19-/m1/s1. The first-order chi connectivity index (χ1) is 13.2. The summed E-state index contributed by atoms with van der Waals surface area (Å²) in [6.07, 6.45) is 12.1. The molecule has 3 aliphatic heterocycles. The summed E-state index contributed by atoms with van der Waals surface area (Å²) in [5, 5.41) is 0. The molecule has 27 heavy (non-hydrogen) atoms. The molecule has 3 saturated heterocycles. The van der Waals surface area contributed by atoms with Crippen molar-refractivity contribution in [3.05, 3.63) is 18.0 Å². The van der Waals surface area contributed by atoms with Crippen molar-refractivity contribution in [1.29, 1.82) is 0 Å². The summed E-state index contributed by atoms with van der Waals surface area (Å²) in [5.41, 5.74) is 1.26. The Morgan fingerprint density at radius 1 is 0.852 bits per heavy atom. The van der Waals surface area contributed by atoms with Crippen LogP contribution in [0.4, 0.5) is 5.95 Å². The van der Waals surface area contributed by atoms with Crippen molar-refractivity contribution in [3.8, 4) is 0 Å². The van der Waals surface area contributed by atoms with Gasteiger partial charge >= 0.3 is 0 Å². The van der Waals surface area contributed by atoms with Crippen LogP contribution < -0.4 is 4.90 Å². The van der Waals surface area contributed by atoms with Gasteiger partial charge in [-0.25, -0.2) is 9.97 Å². The average molecular weight is 372 g/mol. The van der Waals surface area contributed by atoms with Crippen LogP contribution in [0.5, 0.6) is 0 Å². The van der Waals surface area contributed by atoms with Crippen molar-refractivity contribution in [2.75, 3.05) is 44.2 Å². The van der Waals surface area contributed by atoms with E-state index in [0.29, 0.717) is 0 Å². The minimum atomic E-state index is 0.756. The van der Waals surface area contributed by atoms with Gasteiger partial charge in [-0.1, -0.05) is 13.8 Å². The minimum Gasteiger partial charge on any atom is -0.341 e. The molecule has 0 bridgehead atoms. The van der Waals surface area contributed by atoms with Crippen molar-refractivity contribution < 1.29 is 0 Å². The lowest BCUT2D eigenvalue weighted by Crippen LogP contribution is -2.48. The van der Waals surface area contributed by atoms with Gasteiger partial charge < -0.3 is 9.80 Å². The highest BCUT2D eigenvalue weighted by Crippen LogP contribution is 2.24. The zero-order chi connectivity index (χ0) is 18.6. The van der Waals surface area contributed by atoms with Crippen molar-refractivity contribution in [2.24, 2.45) is 11.8 Å². The van der Waals surface area contributed by atoms with E-state index >= 15 is 0 Å². The van der Waals surface area contributed by atoms with Crippen molar-refractivity contribution in [2.45, 2.75) is 65.0 Å². The number of anilines is 1. The molecule has 5 nitrogen and oxygen atoms in total. The zero-order valence-electron chi connectivity index (χ0n) is 17.3. The summed E-state index contributed by atoms with van der Waals surface area (Å²) >= 11 is 0. The first-order valence-corrected chi connectivity index (χ1v) is 11.2. The topological polar surface area (TPSA) is 35.5 Å². The van der Waals surface area contributed by atoms with Gasteiger partial charge in [0.1, 0.15) is 0 Å². The first kappa shape index (κ1) is 19.1. The van der Waals surface area contributed by atoms with Crippen LogP contribution in [-0.4, -0.2) is 65.1 Å². The fourth-order valence-electron chi connectivity index (χ4n) is 5.22. The van der Waals surface area contributed by atoms with Crippen molar-refractivity contribution in [1.82, 2.24) is 19.8 Å². The van der Waals surface area contributed by atoms with Crippen LogP contribution in [0.25, 0.3) is 0 Å². The molecule has 0 aromatic carbocycles. The summed E-state index contributed by atoms with van der Waals surface area (Å²) in [4.78, 5) is 17.1. The molecule has 0 aliphatic carbocycles. The monoisotopic (exact) mass is 371 g/mol. The van der Waals surface area contributed by atoms with E-state index in [2.05, 4.69) is 50.9 Å². The second-order valence-corrected chi connectivity index (χ2v) is 9.33. The lowest BCUT2D eigenvalue weighted by atomic mass is 9.95. The Hall–Kier alpha value is -1.20. The van der Waals surface area contributed by atoms with Gasteiger partial charge in [0.2, 0.25) is 5.95 Å². The van der Waals surface area contributed by atoms with Crippen LogP contribution in [-0.2, 0) is 6.54 Å². The fraction of sp³-hybridized carbons (Fsp3) is 0.818. The molecule has 0 radical (unpaired) electrons. The van der Waals surface area contributed by atoms with E-state index in [9.17, 15) is 0 Å². The number of likely N-dealkylation sites (tertiary alicyclic amines) is 2. The summed E-state index contributed by atoms with van der Waals surface area (Å²) in [7, 11) is 0. The largest absolute Gasteiger partial charge is 0.341 e. The Kier molecular flexibility index (Phi) is 6.28. The van der Waals surface area contributed by atoms with E-state index in [1.807, 2.05) is 0 Å². The summed E-state index contributed by atoms with van der Waals surface area (Å²) in [6, 6.07) is 0.809. The SMILES string of the molecule is C[C@@H]1CCCN(c2ncc(CN3CCC(N4CCC[C@@H](C)C4)CC3)cn2)C1. The van der Waals surface area contributed by atoms with Crippen LogP contribution in [0.3, 0.4) is 0 Å². The maximum Gasteiger partial charge on any atom is 0.225 e. The normalized spacial score (nSPS) is 29.2. The summed E-state index contributed by atoms with van der Waals surface area (Å²) in [5.74, 6) is 2.56. The number of hydrogen-bond donors (Lipinski definition) is 0. The quantitative estimate of drug-likeness (QED) is 0.810. The second kappa shape index (κ2) is 8.87. The van der Waals surface area contributed by atoms with Gasteiger partial charge in [0.25, 0.3) is 0 Å². The molecule has 150 valence electrons. The van der Waals surface area contributed by atoms with Gasteiger partial charge in [-0.15, -0.1) is 0 Å². The molecule has 4 rings (SSSR count). The van der Waals surface area contributed by atoms with E-state index in [1.165, 1.54) is 70.3 Å². The van der Waals surface area contributed by atoms with E-state index in [1.54, 1.807) is 0 Å². The molecule has 0 saturated carbocycles. The number of piperidine rings is 3. The Bertz CT molecular complexity index is 581. The Labute approximate surface area is 165 Å². The molecular weight excluding hydrogens is 334 g/mol. The summed E-state index contributed by atoms with van der Waals surface area (Å²) in [6.45, 7) is 13.0. The van der Waals surface area contributed by atoms with Gasteiger partial charge in [-0.2, -0.15) is 0 Å². The maximum absolute atomic E-state index is 4.68. The average Bonchev–Trinajstić information content (AvgIpc) is 2.69. The Morgan fingerprint density at radius 3 is 2.19 bits per heavy atom. The van der Waals surface area contributed by atoms with Crippen LogP contribution in [0.15, 0.2) is 12.4 Å². The highest BCUT2D eigenvalue weighted by Gasteiger charge is 2.27. The third kappa shape index (κ3) is 5.00. The van der Waals surface area contributed by atoms with Gasteiger partial charge in [0.15, 0.2) is 0 Å². The number of hydrogen-bond acceptors (Lipinski definition) is 5. The fourth-order valence-corrected chi connectivity index (χ4v) is 5.22. The predicted octanol–water partition coefficient (Wildman–Crippen LogP) is 3.41. The molecular formula is C22H37N5. The Balaban J connectivity index is 1.25. The molecule has 0 amide bonds. The van der Waals surface area contributed by atoms with E-state index < -0.39 is 0 Å². The molecule has 3 fully saturated rings. The van der Waals surface area contributed by atoms with Crippen LogP contribution >= 0.6 is 0 Å². The molecule has 0 N–H and O–H groups in total. The molecule has 1 aromatic rings. The molecule has 4 heterocycles. The van der Waals surface area contributed by atoms with E-state index in [0.717, 1.165) is 43.5 Å². The minimum absolute atomic E-state index is 0.756. The van der Waals surface area contributed by atoms with Gasteiger partial charge in [-0.05, 0) is 70.0 Å². The van der Waals surface area contributed by atoms with Crippen LogP contribution in [0.1, 0.15) is 57.9 Å². The Morgan fingerprint density at radius 2 is 1.52 bits per heavy atom. The van der Waals surface area contributed by atoms with Gasteiger partial charge in [-0.3, -0.25) is 4.90 Å². The number of nitrogens with zero attached hydrogens (tertiary/aromatic N) is 5. The van der Waals surface area contributed by atoms with E-state index in [4.69, 9.17) is 0 Å². The predicted molar refractivity (Wildman–Crippen MR) is 111 cm³/mol. The third-order valence-corrected chi connectivity index (χ3v) is 6.80. The third-order valence-electron chi connectivity index (χ3n) is 6.80. The molecule has 3 aliphatic rings. The summed E-state index contributed by atoms with van der Waals surface area (Å²) < 4.78 is 0. The molecule has 0 spiro atoms. The second-order valence-electron chi connectivity index (χ2n) is 9.33. The van der Waals surface area contributed by atoms with Crippen LogP contribution in [0.2, 0.25) is 0 Å². The molecule has 0 unspecified atom stereocenters. The smallest absolute Gasteiger partial charge is 0.225 e. The molecule has 5 heteroatoms. The van der Waals surface area contributed by atoms with E-state index in [-0.39, 0.29) is 0 Å². The highest BCUT2D eigenvalue weighted by molar-refractivity contribution is 5.30. The number of rotatable bonds is 4. The van der Waals surface area contributed by atoms with Crippen LogP contribution in [0, 0.1) is 11.8 Å². The highest BCUT2D eigenvalue weighted by atomic mass is 15.3. The van der Waals surface area contributed by atoms with Gasteiger partial charge in [0, 0.05) is 50.2 Å². The lowest BCUT2D eigenvalue weighted by molar-refractivity contribution is 0.0728. The molecule has 2 atom stereocenters. The van der Waals surface area contributed by atoms with Crippen molar-refractivity contribution in [3.63, 3.8) is 0 Å². The first-order valence-electron chi connectivity index (χ1n) is 11.2. The van der Waals surface area contributed by atoms with Crippen molar-refractivity contribution >= 4 is 5.95 Å². The number of aromatic nitrogens is 2. The zero-order valence-corrected chi connectivity index (χ0v) is 17.3. The lowest BCUT2D eigenvalue weighted by Gasteiger charge is -2.41. The maximum atomic E-state index is 4.68.